The van der Waals surface area contributed by atoms with Gasteiger partial charge in [-0.15, -0.1) is 0 Å². The first-order valence-electron chi connectivity index (χ1n) is 11.8. The molecule has 4 heterocycles. The average Bonchev–Trinajstić information content (AvgIpc) is 3.26. The van der Waals surface area contributed by atoms with Gasteiger partial charge in [-0.25, -0.2) is 9.78 Å². The lowest BCUT2D eigenvalue weighted by molar-refractivity contribution is 0.0513. The number of nitrogens with zero attached hydrogens (tertiary/aromatic N) is 5. The zero-order chi connectivity index (χ0) is 25.4. The molecule has 0 atom stereocenters. The molecule has 4 rings (SSSR count). The van der Waals surface area contributed by atoms with E-state index in [2.05, 4.69) is 15.1 Å². The van der Waals surface area contributed by atoms with Crippen molar-refractivity contribution in [1.82, 2.24) is 29.5 Å². The van der Waals surface area contributed by atoms with Gasteiger partial charge in [-0.05, 0) is 24.8 Å². The third kappa shape index (κ3) is 4.75. The molecule has 0 bridgehead atoms. The van der Waals surface area contributed by atoms with Crippen molar-refractivity contribution in [3.8, 4) is 0 Å². The van der Waals surface area contributed by atoms with Crippen LogP contribution in [0.4, 0.5) is 0 Å². The van der Waals surface area contributed by atoms with E-state index < -0.39 is 11.2 Å². The standard InChI is InChI=1S/C24H30N6O5/c1-13(2)12-30-20-19(21(31)26-24(30)34)16(11-17(25-20)14(3)4)22(32)28-6-8-29(9-7-28)23(33)18-10-15(5)27-35-18/h10-11,13-14H,6-9,12H2,1-5H3,(H,26,31,34). The second-order valence-electron chi connectivity index (χ2n) is 9.63. The van der Waals surface area contributed by atoms with E-state index in [0.29, 0.717) is 44.1 Å². The third-order valence-electron chi connectivity index (χ3n) is 6.03. The van der Waals surface area contributed by atoms with Crippen LogP contribution >= 0.6 is 0 Å². The largest absolute Gasteiger partial charge is 0.351 e. The maximum atomic E-state index is 13.6. The smallest absolute Gasteiger partial charge is 0.330 e. The van der Waals surface area contributed by atoms with Crippen LogP contribution in [-0.4, -0.2) is 67.5 Å². The molecule has 11 heteroatoms. The third-order valence-corrected chi connectivity index (χ3v) is 6.03. The molecule has 0 saturated carbocycles. The summed E-state index contributed by atoms with van der Waals surface area (Å²) in [4.78, 5) is 62.0. The summed E-state index contributed by atoms with van der Waals surface area (Å²) < 4.78 is 6.50. The first-order valence-corrected chi connectivity index (χ1v) is 11.8. The van der Waals surface area contributed by atoms with E-state index in [9.17, 15) is 19.2 Å². The van der Waals surface area contributed by atoms with E-state index in [1.54, 1.807) is 28.9 Å². The van der Waals surface area contributed by atoms with Gasteiger partial charge in [0.1, 0.15) is 0 Å². The Kier molecular flexibility index (Phi) is 6.60. The molecule has 1 aliphatic heterocycles. The lowest BCUT2D eigenvalue weighted by Gasteiger charge is -2.34. The highest BCUT2D eigenvalue weighted by Gasteiger charge is 2.29. The van der Waals surface area contributed by atoms with E-state index in [0.717, 1.165) is 0 Å². The molecule has 3 aromatic heterocycles. The van der Waals surface area contributed by atoms with Crippen LogP contribution in [0.5, 0.6) is 0 Å². The molecule has 0 aromatic carbocycles. The predicted molar refractivity (Wildman–Crippen MR) is 129 cm³/mol. The Hall–Kier alpha value is -3.76. The lowest BCUT2D eigenvalue weighted by atomic mass is 10.0. The second kappa shape index (κ2) is 9.47. The number of hydrogen-bond acceptors (Lipinski definition) is 7. The van der Waals surface area contributed by atoms with Crippen LogP contribution in [0, 0.1) is 12.8 Å². The molecular formula is C24H30N6O5. The molecule has 1 fully saturated rings. The van der Waals surface area contributed by atoms with Gasteiger partial charge in [-0.3, -0.25) is 23.9 Å². The molecule has 0 spiro atoms. The monoisotopic (exact) mass is 482 g/mol. The summed E-state index contributed by atoms with van der Waals surface area (Å²) in [6.07, 6.45) is 0. The molecule has 186 valence electrons. The minimum absolute atomic E-state index is 0.0207. The van der Waals surface area contributed by atoms with Gasteiger partial charge >= 0.3 is 5.69 Å². The summed E-state index contributed by atoms with van der Waals surface area (Å²) in [5.74, 6) is -0.332. The Balaban J connectivity index is 1.69. The predicted octanol–water partition coefficient (Wildman–Crippen LogP) is 1.76. The summed E-state index contributed by atoms with van der Waals surface area (Å²) in [6.45, 7) is 11.1. The lowest BCUT2D eigenvalue weighted by Crippen LogP contribution is -2.50. The van der Waals surface area contributed by atoms with Gasteiger partial charge in [0.2, 0.25) is 5.76 Å². The number of carbonyl (C=O) groups is 2. The number of fused-ring (bicyclic) bond motifs is 1. The number of aryl methyl sites for hydroxylation is 1. The molecular weight excluding hydrogens is 452 g/mol. The number of carbonyl (C=O) groups excluding carboxylic acids is 2. The zero-order valence-corrected chi connectivity index (χ0v) is 20.6. The minimum Gasteiger partial charge on any atom is -0.351 e. The van der Waals surface area contributed by atoms with Crippen LogP contribution in [0.1, 0.15) is 65.9 Å². The van der Waals surface area contributed by atoms with E-state index in [4.69, 9.17) is 4.52 Å². The van der Waals surface area contributed by atoms with Gasteiger partial charge in [0.25, 0.3) is 17.4 Å². The number of aromatic nitrogens is 4. The summed E-state index contributed by atoms with van der Waals surface area (Å²) in [6, 6.07) is 3.23. The summed E-state index contributed by atoms with van der Waals surface area (Å²) >= 11 is 0. The first kappa shape index (κ1) is 24.4. The number of hydrogen-bond donors (Lipinski definition) is 1. The van der Waals surface area contributed by atoms with E-state index >= 15 is 0 Å². The number of nitrogens with one attached hydrogen (secondary N) is 1. The molecule has 11 nitrogen and oxygen atoms in total. The van der Waals surface area contributed by atoms with Crippen molar-refractivity contribution in [3.05, 3.63) is 55.7 Å². The van der Waals surface area contributed by atoms with E-state index in [1.807, 2.05) is 27.7 Å². The van der Waals surface area contributed by atoms with Crippen LogP contribution < -0.4 is 11.2 Å². The van der Waals surface area contributed by atoms with Crippen molar-refractivity contribution in [2.45, 2.75) is 47.1 Å². The second-order valence-corrected chi connectivity index (χ2v) is 9.63. The number of piperazine rings is 1. The maximum Gasteiger partial charge on any atom is 0.330 e. The summed E-state index contributed by atoms with van der Waals surface area (Å²) in [5, 5.41) is 3.86. The van der Waals surface area contributed by atoms with Gasteiger partial charge in [-0.2, -0.15) is 0 Å². The van der Waals surface area contributed by atoms with Crippen LogP contribution in [0.25, 0.3) is 11.0 Å². The van der Waals surface area contributed by atoms with Crippen LogP contribution in [-0.2, 0) is 6.54 Å². The first-order chi connectivity index (χ1) is 16.6. The Morgan fingerprint density at radius 3 is 2.20 bits per heavy atom. The quantitative estimate of drug-likeness (QED) is 0.585. The number of H-pyrrole nitrogens is 1. The SMILES string of the molecule is Cc1cc(C(=O)N2CCN(C(=O)c3cc(C(C)C)nc4c3c(=O)[nH]c(=O)n4CC(C)C)CC2)on1. The fourth-order valence-corrected chi connectivity index (χ4v) is 4.20. The molecule has 1 saturated heterocycles. The maximum absolute atomic E-state index is 13.6. The molecule has 2 amide bonds. The van der Waals surface area contributed by atoms with Crippen molar-refractivity contribution in [1.29, 1.82) is 0 Å². The van der Waals surface area contributed by atoms with Crippen molar-refractivity contribution in [2.24, 2.45) is 5.92 Å². The molecule has 1 aliphatic rings. The molecule has 3 aromatic rings. The fourth-order valence-electron chi connectivity index (χ4n) is 4.20. The molecule has 0 radical (unpaired) electrons. The zero-order valence-electron chi connectivity index (χ0n) is 20.6. The molecule has 0 unspecified atom stereocenters. The highest BCUT2D eigenvalue weighted by Crippen LogP contribution is 2.22. The van der Waals surface area contributed by atoms with Crippen molar-refractivity contribution < 1.29 is 14.1 Å². The summed E-state index contributed by atoms with van der Waals surface area (Å²) in [7, 11) is 0. The molecule has 1 N–H and O–H groups in total. The van der Waals surface area contributed by atoms with Gasteiger partial charge in [0.15, 0.2) is 5.65 Å². The Morgan fingerprint density at radius 2 is 1.66 bits per heavy atom. The topological polar surface area (TPSA) is 134 Å². The Morgan fingerprint density at radius 1 is 1.03 bits per heavy atom. The summed E-state index contributed by atoms with van der Waals surface area (Å²) in [5.41, 5.74) is 0.495. The van der Waals surface area contributed by atoms with Crippen molar-refractivity contribution in [2.75, 3.05) is 26.2 Å². The fraction of sp³-hybridized carbons (Fsp3) is 0.500. The average molecular weight is 483 g/mol. The Bertz CT molecular complexity index is 1390. The van der Waals surface area contributed by atoms with E-state index in [1.165, 1.54) is 4.57 Å². The van der Waals surface area contributed by atoms with Crippen LogP contribution in [0.3, 0.4) is 0 Å². The van der Waals surface area contributed by atoms with Gasteiger partial charge in [-0.1, -0.05) is 32.9 Å². The molecule has 35 heavy (non-hydrogen) atoms. The van der Waals surface area contributed by atoms with Gasteiger partial charge in [0, 0.05) is 44.5 Å². The van der Waals surface area contributed by atoms with Gasteiger partial charge in [0.05, 0.1) is 16.6 Å². The van der Waals surface area contributed by atoms with E-state index in [-0.39, 0.29) is 46.0 Å². The number of rotatable bonds is 5. The normalized spacial score (nSPS) is 14.4. The number of amides is 2. The molecule has 0 aliphatic carbocycles. The number of pyridine rings is 1. The van der Waals surface area contributed by atoms with Crippen molar-refractivity contribution in [3.63, 3.8) is 0 Å². The van der Waals surface area contributed by atoms with Crippen LogP contribution in [0.15, 0.2) is 26.2 Å². The Labute approximate surface area is 201 Å². The van der Waals surface area contributed by atoms with Crippen LogP contribution in [0.2, 0.25) is 0 Å². The number of aromatic amines is 1. The highest BCUT2D eigenvalue weighted by atomic mass is 16.5. The highest BCUT2D eigenvalue weighted by molar-refractivity contribution is 6.05. The van der Waals surface area contributed by atoms with Crippen molar-refractivity contribution >= 4 is 22.8 Å². The minimum atomic E-state index is -0.634. The van der Waals surface area contributed by atoms with Gasteiger partial charge < -0.3 is 14.3 Å².